The number of hydrogen-bond donors (Lipinski definition) is 1. The molecule has 0 heterocycles. The zero-order valence-corrected chi connectivity index (χ0v) is 11.8. The summed E-state index contributed by atoms with van der Waals surface area (Å²) in [7, 11) is 0. The second-order valence-corrected chi connectivity index (χ2v) is 5.04. The Hall–Kier alpha value is -0.930. The van der Waals surface area contributed by atoms with Crippen molar-refractivity contribution in [2.75, 3.05) is 13.1 Å². The molecule has 1 aromatic rings. The van der Waals surface area contributed by atoms with E-state index in [4.69, 9.17) is 0 Å². The lowest BCUT2D eigenvalue weighted by atomic mass is 10.0. The van der Waals surface area contributed by atoms with E-state index in [0.29, 0.717) is 23.6 Å². The van der Waals surface area contributed by atoms with Crippen molar-refractivity contribution in [1.29, 1.82) is 0 Å². The van der Waals surface area contributed by atoms with Crippen molar-refractivity contribution in [2.45, 2.75) is 46.3 Å². The Kier molecular flexibility index (Phi) is 5.76. The number of benzene rings is 1. The van der Waals surface area contributed by atoms with Gasteiger partial charge in [-0.3, -0.25) is 0 Å². The van der Waals surface area contributed by atoms with E-state index in [0.717, 1.165) is 13.1 Å². The van der Waals surface area contributed by atoms with Gasteiger partial charge in [-0.15, -0.1) is 0 Å². The van der Waals surface area contributed by atoms with Gasteiger partial charge in [-0.25, -0.2) is 4.39 Å². The van der Waals surface area contributed by atoms with Gasteiger partial charge in [-0.2, -0.15) is 0 Å². The first-order valence-corrected chi connectivity index (χ1v) is 6.63. The van der Waals surface area contributed by atoms with Crippen molar-refractivity contribution in [1.82, 2.24) is 4.90 Å². The molecule has 1 N–H and O–H groups in total. The molecule has 1 rings (SSSR count). The monoisotopic (exact) mass is 253 g/mol. The number of hydrogen-bond acceptors (Lipinski definition) is 2. The normalized spacial score (nSPS) is 13.3. The quantitative estimate of drug-likeness (QED) is 0.841. The van der Waals surface area contributed by atoms with E-state index in [9.17, 15) is 9.50 Å². The van der Waals surface area contributed by atoms with Gasteiger partial charge in [0.15, 0.2) is 0 Å². The molecule has 0 fully saturated rings. The van der Waals surface area contributed by atoms with Gasteiger partial charge in [-0.1, -0.05) is 19.1 Å². The molecule has 0 spiro atoms. The largest absolute Gasteiger partial charge is 0.388 e. The van der Waals surface area contributed by atoms with Crippen LogP contribution < -0.4 is 0 Å². The number of aliphatic hydroxyl groups is 1. The highest BCUT2D eigenvalue weighted by Crippen LogP contribution is 2.20. The number of rotatable bonds is 6. The summed E-state index contributed by atoms with van der Waals surface area (Å²) in [4.78, 5) is 2.29. The molecule has 0 aliphatic heterocycles. The Bertz CT molecular complexity index is 379. The Morgan fingerprint density at radius 2 is 2.00 bits per heavy atom. The Labute approximate surface area is 109 Å². The molecule has 0 aliphatic rings. The lowest BCUT2D eigenvalue weighted by Crippen LogP contribution is -2.32. The van der Waals surface area contributed by atoms with Crippen molar-refractivity contribution >= 4 is 0 Å². The molecular formula is C15H24FNO. The van der Waals surface area contributed by atoms with Crippen molar-refractivity contribution in [3.05, 3.63) is 35.1 Å². The standard InChI is InChI=1S/C15H24FNO/c1-5-17(11(2)3)9-8-15(18)13-7-6-12(4)14(16)10-13/h6-7,10-11,15,18H,5,8-9H2,1-4H3. The molecule has 0 aliphatic carbocycles. The van der Waals surface area contributed by atoms with Crippen molar-refractivity contribution in [3.63, 3.8) is 0 Å². The second-order valence-electron chi connectivity index (χ2n) is 5.04. The van der Waals surface area contributed by atoms with Crippen molar-refractivity contribution < 1.29 is 9.50 Å². The smallest absolute Gasteiger partial charge is 0.126 e. The Morgan fingerprint density at radius 1 is 1.33 bits per heavy atom. The van der Waals surface area contributed by atoms with E-state index in [-0.39, 0.29) is 5.82 Å². The lowest BCUT2D eigenvalue weighted by Gasteiger charge is -2.25. The maximum Gasteiger partial charge on any atom is 0.126 e. The average molecular weight is 253 g/mol. The number of halogens is 1. The van der Waals surface area contributed by atoms with E-state index in [1.54, 1.807) is 19.1 Å². The third-order valence-electron chi connectivity index (χ3n) is 3.41. The minimum absolute atomic E-state index is 0.247. The van der Waals surface area contributed by atoms with Crippen LogP contribution in [-0.2, 0) is 0 Å². The van der Waals surface area contributed by atoms with Gasteiger partial charge in [0.05, 0.1) is 6.10 Å². The summed E-state index contributed by atoms with van der Waals surface area (Å²) >= 11 is 0. The molecule has 1 atom stereocenters. The molecule has 0 radical (unpaired) electrons. The van der Waals surface area contributed by atoms with Gasteiger partial charge in [0.1, 0.15) is 5.82 Å². The highest BCUT2D eigenvalue weighted by molar-refractivity contribution is 5.24. The zero-order valence-electron chi connectivity index (χ0n) is 11.8. The summed E-state index contributed by atoms with van der Waals surface area (Å²) in [5.41, 5.74) is 1.28. The topological polar surface area (TPSA) is 23.5 Å². The van der Waals surface area contributed by atoms with E-state index < -0.39 is 6.10 Å². The van der Waals surface area contributed by atoms with E-state index in [2.05, 4.69) is 25.7 Å². The predicted molar refractivity (Wildman–Crippen MR) is 73.1 cm³/mol. The summed E-state index contributed by atoms with van der Waals surface area (Å²) in [6.07, 6.45) is 0.0435. The van der Waals surface area contributed by atoms with Crippen LogP contribution in [0.5, 0.6) is 0 Å². The van der Waals surface area contributed by atoms with Crippen LogP contribution in [0, 0.1) is 12.7 Å². The highest BCUT2D eigenvalue weighted by atomic mass is 19.1. The van der Waals surface area contributed by atoms with Crippen LogP contribution in [0.15, 0.2) is 18.2 Å². The Morgan fingerprint density at radius 3 is 2.50 bits per heavy atom. The molecule has 102 valence electrons. The Balaban J connectivity index is 2.59. The summed E-state index contributed by atoms with van der Waals surface area (Å²) in [5.74, 6) is -0.247. The van der Waals surface area contributed by atoms with Gasteiger partial charge < -0.3 is 10.0 Å². The molecule has 18 heavy (non-hydrogen) atoms. The molecule has 0 bridgehead atoms. The average Bonchev–Trinajstić information content (AvgIpc) is 2.32. The van der Waals surface area contributed by atoms with Crippen molar-refractivity contribution in [2.24, 2.45) is 0 Å². The van der Waals surface area contributed by atoms with Crippen LogP contribution in [0.2, 0.25) is 0 Å². The summed E-state index contributed by atoms with van der Waals surface area (Å²) < 4.78 is 13.4. The fraction of sp³-hybridized carbons (Fsp3) is 0.600. The lowest BCUT2D eigenvalue weighted by molar-refractivity contribution is 0.133. The maximum absolute atomic E-state index is 13.4. The van der Waals surface area contributed by atoms with Crippen LogP contribution in [-0.4, -0.2) is 29.1 Å². The van der Waals surface area contributed by atoms with Gasteiger partial charge in [0, 0.05) is 12.6 Å². The molecular weight excluding hydrogens is 229 g/mol. The molecule has 1 aromatic carbocycles. The third kappa shape index (κ3) is 4.07. The van der Waals surface area contributed by atoms with Crippen LogP contribution in [0.3, 0.4) is 0 Å². The minimum Gasteiger partial charge on any atom is -0.388 e. The van der Waals surface area contributed by atoms with Crippen molar-refractivity contribution in [3.8, 4) is 0 Å². The second kappa shape index (κ2) is 6.86. The fourth-order valence-corrected chi connectivity index (χ4v) is 2.05. The first-order chi connectivity index (χ1) is 8.45. The fourth-order valence-electron chi connectivity index (χ4n) is 2.05. The predicted octanol–water partition coefficient (Wildman–Crippen LogP) is 3.29. The highest BCUT2D eigenvalue weighted by Gasteiger charge is 2.13. The molecule has 0 saturated carbocycles. The SMILES string of the molecule is CCN(CCC(O)c1ccc(C)c(F)c1)C(C)C. The first kappa shape index (κ1) is 15.1. The summed E-state index contributed by atoms with van der Waals surface area (Å²) in [5, 5.41) is 10.1. The number of aliphatic hydroxyl groups excluding tert-OH is 1. The van der Waals surface area contributed by atoms with Crippen LogP contribution in [0.4, 0.5) is 4.39 Å². The van der Waals surface area contributed by atoms with Crippen LogP contribution in [0.1, 0.15) is 44.4 Å². The zero-order chi connectivity index (χ0) is 13.7. The van der Waals surface area contributed by atoms with Crippen LogP contribution >= 0.6 is 0 Å². The van der Waals surface area contributed by atoms with Gasteiger partial charge in [-0.05, 0) is 50.9 Å². The van der Waals surface area contributed by atoms with Crippen LogP contribution in [0.25, 0.3) is 0 Å². The maximum atomic E-state index is 13.4. The summed E-state index contributed by atoms with van der Waals surface area (Å²) in [6.45, 7) is 9.90. The van der Waals surface area contributed by atoms with E-state index in [1.807, 2.05) is 0 Å². The van der Waals surface area contributed by atoms with E-state index in [1.165, 1.54) is 6.07 Å². The molecule has 1 unspecified atom stereocenters. The number of nitrogens with zero attached hydrogens (tertiary/aromatic N) is 1. The molecule has 3 heteroatoms. The van der Waals surface area contributed by atoms with E-state index >= 15 is 0 Å². The summed E-state index contributed by atoms with van der Waals surface area (Å²) in [6, 6.07) is 5.42. The number of aryl methyl sites for hydroxylation is 1. The molecule has 0 amide bonds. The van der Waals surface area contributed by atoms with Gasteiger partial charge >= 0.3 is 0 Å². The van der Waals surface area contributed by atoms with Gasteiger partial charge in [0.25, 0.3) is 0 Å². The molecule has 0 saturated heterocycles. The molecule has 2 nitrogen and oxygen atoms in total. The van der Waals surface area contributed by atoms with Gasteiger partial charge in [0.2, 0.25) is 0 Å². The minimum atomic E-state index is -0.590. The molecule has 0 aromatic heterocycles. The third-order valence-corrected chi connectivity index (χ3v) is 3.41. The first-order valence-electron chi connectivity index (χ1n) is 6.63.